The number of amides is 1. The zero-order chi connectivity index (χ0) is 18.6. The Kier molecular flexibility index (Phi) is 5.71. The number of hydrogen-bond donors (Lipinski definition) is 2. The van der Waals surface area contributed by atoms with Crippen molar-refractivity contribution in [2.24, 2.45) is 0 Å². The quantitative estimate of drug-likeness (QED) is 0.759. The second-order valence-electron chi connectivity index (χ2n) is 5.04. The summed E-state index contributed by atoms with van der Waals surface area (Å²) >= 11 is 0. The van der Waals surface area contributed by atoms with Crippen molar-refractivity contribution in [3.63, 3.8) is 0 Å². The summed E-state index contributed by atoms with van der Waals surface area (Å²) in [6.07, 6.45) is 1.18. The van der Waals surface area contributed by atoms with Crippen LogP contribution in [0.5, 0.6) is 5.75 Å². The van der Waals surface area contributed by atoms with Gasteiger partial charge in [-0.1, -0.05) is 0 Å². The molecule has 134 valence electrons. The summed E-state index contributed by atoms with van der Waals surface area (Å²) in [4.78, 5) is 25.3. The lowest BCUT2D eigenvalue weighted by Gasteiger charge is -2.22. The lowest BCUT2D eigenvalue weighted by atomic mass is 10.2. The Labute approximate surface area is 143 Å². The first-order valence-corrected chi connectivity index (χ1v) is 7.53. The molecule has 0 atom stereocenters. The fraction of sp³-hybridized carbons (Fsp3) is 0.312. The zero-order valence-electron chi connectivity index (χ0n) is 13.8. The SMILES string of the molecule is CCOC(=O)c1cnn(-c2ccc(F)cc2O)c1N(CCO)C(C)=O. The molecule has 0 bridgehead atoms. The van der Waals surface area contributed by atoms with Crippen LogP contribution >= 0.6 is 0 Å². The van der Waals surface area contributed by atoms with E-state index in [4.69, 9.17) is 4.74 Å². The van der Waals surface area contributed by atoms with E-state index in [2.05, 4.69) is 5.10 Å². The number of carbonyl (C=O) groups excluding carboxylic acids is 2. The minimum atomic E-state index is -0.713. The number of esters is 1. The smallest absolute Gasteiger partial charge is 0.343 e. The molecule has 0 unspecified atom stereocenters. The third-order valence-corrected chi connectivity index (χ3v) is 3.36. The van der Waals surface area contributed by atoms with Crippen molar-refractivity contribution in [3.05, 3.63) is 35.8 Å². The lowest BCUT2D eigenvalue weighted by molar-refractivity contribution is -0.116. The Morgan fingerprint density at radius 3 is 2.68 bits per heavy atom. The minimum absolute atomic E-state index is 0.0157. The Balaban J connectivity index is 2.67. The van der Waals surface area contributed by atoms with Gasteiger partial charge in [0.25, 0.3) is 0 Å². The van der Waals surface area contributed by atoms with Crippen molar-refractivity contribution < 1.29 is 28.9 Å². The van der Waals surface area contributed by atoms with Crippen LogP contribution in [0.2, 0.25) is 0 Å². The molecule has 1 heterocycles. The number of halogens is 1. The highest BCUT2D eigenvalue weighted by atomic mass is 19.1. The Bertz CT molecular complexity index is 790. The first-order valence-electron chi connectivity index (χ1n) is 7.53. The van der Waals surface area contributed by atoms with Crippen molar-refractivity contribution in [3.8, 4) is 11.4 Å². The summed E-state index contributed by atoms with van der Waals surface area (Å²) in [5.41, 5.74) is 0.0466. The fourth-order valence-electron chi connectivity index (χ4n) is 2.32. The van der Waals surface area contributed by atoms with Gasteiger partial charge in [-0.25, -0.2) is 13.9 Å². The summed E-state index contributed by atoms with van der Waals surface area (Å²) in [6.45, 7) is 2.54. The number of phenolic OH excluding ortho intramolecular Hbond substituents is 1. The molecule has 0 aliphatic rings. The maximum absolute atomic E-state index is 13.2. The first kappa shape index (κ1) is 18.4. The van der Waals surface area contributed by atoms with Crippen LogP contribution in [0.4, 0.5) is 10.2 Å². The van der Waals surface area contributed by atoms with E-state index in [1.54, 1.807) is 6.92 Å². The predicted molar refractivity (Wildman–Crippen MR) is 86.3 cm³/mol. The highest BCUT2D eigenvalue weighted by molar-refractivity contribution is 6.01. The second kappa shape index (κ2) is 7.75. The molecule has 8 nitrogen and oxygen atoms in total. The van der Waals surface area contributed by atoms with Crippen LogP contribution in [0, 0.1) is 5.82 Å². The second-order valence-corrected chi connectivity index (χ2v) is 5.04. The van der Waals surface area contributed by atoms with Gasteiger partial charge in [0.2, 0.25) is 5.91 Å². The average Bonchev–Trinajstić information content (AvgIpc) is 2.96. The number of aromatic hydroxyl groups is 1. The Morgan fingerprint density at radius 2 is 2.12 bits per heavy atom. The summed E-state index contributed by atoms with van der Waals surface area (Å²) in [7, 11) is 0. The van der Waals surface area contributed by atoms with Crippen LogP contribution < -0.4 is 4.90 Å². The molecule has 0 spiro atoms. The Morgan fingerprint density at radius 1 is 1.40 bits per heavy atom. The van der Waals surface area contributed by atoms with Crippen molar-refractivity contribution in [1.82, 2.24) is 9.78 Å². The third-order valence-electron chi connectivity index (χ3n) is 3.36. The monoisotopic (exact) mass is 351 g/mol. The normalized spacial score (nSPS) is 10.6. The molecule has 0 aliphatic carbocycles. The average molecular weight is 351 g/mol. The van der Waals surface area contributed by atoms with Gasteiger partial charge in [-0.05, 0) is 19.1 Å². The number of ether oxygens (including phenoxy) is 1. The van der Waals surface area contributed by atoms with Crippen molar-refractivity contribution in [2.75, 3.05) is 24.7 Å². The molecule has 2 aromatic rings. The van der Waals surface area contributed by atoms with Gasteiger partial charge in [-0.2, -0.15) is 5.10 Å². The van der Waals surface area contributed by atoms with Gasteiger partial charge in [-0.15, -0.1) is 0 Å². The third kappa shape index (κ3) is 3.77. The van der Waals surface area contributed by atoms with Crippen LogP contribution in [-0.4, -0.2) is 51.6 Å². The maximum atomic E-state index is 13.2. The largest absolute Gasteiger partial charge is 0.506 e. The van der Waals surface area contributed by atoms with Crippen LogP contribution in [-0.2, 0) is 9.53 Å². The number of aliphatic hydroxyl groups is 1. The van der Waals surface area contributed by atoms with E-state index in [-0.39, 0.29) is 36.8 Å². The van der Waals surface area contributed by atoms with Crippen LogP contribution in [0.15, 0.2) is 24.4 Å². The number of aliphatic hydroxyl groups excluding tert-OH is 1. The van der Waals surface area contributed by atoms with Crippen LogP contribution in [0.1, 0.15) is 24.2 Å². The summed E-state index contributed by atoms with van der Waals surface area (Å²) in [6, 6.07) is 3.25. The van der Waals surface area contributed by atoms with Crippen LogP contribution in [0.25, 0.3) is 5.69 Å². The molecule has 1 amide bonds. The van der Waals surface area contributed by atoms with E-state index in [0.717, 1.165) is 21.7 Å². The van der Waals surface area contributed by atoms with E-state index in [0.29, 0.717) is 0 Å². The Hall–Kier alpha value is -2.94. The van der Waals surface area contributed by atoms with Crippen molar-refractivity contribution in [2.45, 2.75) is 13.8 Å². The summed E-state index contributed by atoms with van der Waals surface area (Å²) in [5, 5.41) is 23.3. The molecule has 0 radical (unpaired) electrons. The summed E-state index contributed by atoms with van der Waals surface area (Å²) in [5.74, 6) is -2.23. The molecule has 0 aliphatic heterocycles. The number of hydrogen-bond acceptors (Lipinski definition) is 6. The molecular formula is C16H18FN3O5. The van der Waals surface area contributed by atoms with E-state index in [1.807, 2.05) is 0 Å². The van der Waals surface area contributed by atoms with Crippen LogP contribution in [0.3, 0.4) is 0 Å². The number of carbonyl (C=O) groups is 2. The van der Waals surface area contributed by atoms with E-state index < -0.39 is 23.4 Å². The van der Waals surface area contributed by atoms with Gasteiger partial charge >= 0.3 is 5.97 Å². The fourth-order valence-corrected chi connectivity index (χ4v) is 2.32. The maximum Gasteiger partial charge on any atom is 0.343 e. The topological polar surface area (TPSA) is 105 Å². The van der Waals surface area contributed by atoms with E-state index >= 15 is 0 Å². The van der Waals surface area contributed by atoms with Crippen molar-refractivity contribution in [1.29, 1.82) is 0 Å². The van der Waals surface area contributed by atoms with Gasteiger partial charge in [0.05, 0.1) is 26.0 Å². The molecule has 9 heteroatoms. The van der Waals surface area contributed by atoms with Gasteiger partial charge < -0.3 is 14.9 Å². The molecule has 25 heavy (non-hydrogen) atoms. The number of phenols is 1. The van der Waals surface area contributed by atoms with Gasteiger partial charge in [-0.3, -0.25) is 9.69 Å². The van der Waals surface area contributed by atoms with Crippen molar-refractivity contribution >= 4 is 17.7 Å². The number of anilines is 1. The highest BCUT2D eigenvalue weighted by Gasteiger charge is 2.27. The highest BCUT2D eigenvalue weighted by Crippen LogP contribution is 2.30. The molecule has 1 aromatic heterocycles. The number of benzene rings is 1. The van der Waals surface area contributed by atoms with Gasteiger partial charge in [0.1, 0.15) is 22.8 Å². The molecule has 2 N–H and O–H groups in total. The minimum Gasteiger partial charge on any atom is -0.506 e. The van der Waals surface area contributed by atoms with Gasteiger partial charge in [0, 0.05) is 13.0 Å². The summed E-state index contributed by atoms with van der Waals surface area (Å²) < 4.78 is 19.3. The molecule has 0 saturated heterocycles. The number of rotatable bonds is 6. The first-order chi connectivity index (χ1) is 11.9. The number of aromatic nitrogens is 2. The lowest BCUT2D eigenvalue weighted by Crippen LogP contribution is -2.34. The van der Waals surface area contributed by atoms with E-state index in [9.17, 15) is 24.2 Å². The molecular weight excluding hydrogens is 333 g/mol. The molecule has 0 fully saturated rings. The standard InChI is InChI=1S/C16H18FN3O5/c1-3-25-16(24)12-9-18-20(13-5-4-11(17)8-14(13)23)15(12)19(6-7-21)10(2)22/h4-5,8-9,21,23H,3,6-7H2,1-2H3. The predicted octanol–water partition coefficient (Wildman–Crippen LogP) is 1.24. The van der Waals surface area contributed by atoms with Gasteiger partial charge in [0.15, 0.2) is 5.82 Å². The van der Waals surface area contributed by atoms with E-state index in [1.165, 1.54) is 19.2 Å². The molecule has 2 rings (SSSR count). The zero-order valence-corrected chi connectivity index (χ0v) is 13.8. The molecule has 0 saturated carbocycles. The molecule has 1 aromatic carbocycles. The number of nitrogens with zero attached hydrogens (tertiary/aromatic N) is 3.